The maximum atomic E-state index is 12.0. The molecule has 1 aliphatic rings. The lowest BCUT2D eigenvalue weighted by Crippen LogP contribution is -2.31. The van der Waals surface area contributed by atoms with Gasteiger partial charge in [0.15, 0.2) is 0 Å². The van der Waals surface area contributed by atoms with Crippen LogP contribution in [-0.2, 0) is 22.6 Å². The molecule has 0 atom stereocenters. The molecular weight excluding hydrogens is 354 g/mol. The summed E-state index contributed by atoms with van der Waals surface area (Å²) in [6.45, 7) is 10.3. The number of ether oxygens (including phenoxy) is 1. The van der Waals surface area contributed by atoms with Crippen LogP contribution >= 0.6 is 22.7 Å². The zero-order chi connectivity index (χ0) is 17.8. The van der Waals surface area contributed by atoms with Crippen LogP contribution in [0.2, 0.25) is 0 Å². The number of carbonyl (C=O) groups excluding carboxylic acids is 1. The summed E-state index contributed by atoms with van der Waals surface area (Å²) < 4.78 is 5.73. The van der Waals surface area contributed by atoms with Crippen molar-refractivity contribution in [3.63, 3.8) is 0 Å². The molecule has 0 aliphatic carbocycles. The fraction of sp³-hybridized carbons (Fsp3) is 0.556. The van der Waals surface area contributed by atoms with Crippen molar-refractivity contribution >= 4 is 34.3 Å². The van der Waals surface area contributed by atoms with Gasteiger partial charge in [-0.2, -0.15) is 0 Å². The van der Waals surface area contributed by atoms with Crippen molar-refractivity contribution in [3.05, 3.63) is 31.9 Å². The van der Waals surface area contributed by atoms with E-state index in [1.165, 1.54) is 21.0 Å². The molecule has 0 radical (unpaired) electrons. The minimum atomic E-state index is 0.102. The molecule has 0 bridgehead atoms. The number of thiophene rings is 1. The third-order valence-corrected chi connectivity index (χ3v) is 6.51. The Morgan fingerprint density at radius 1 is 1.28 bits per heavy atom. The summed E-state index contributed by atoms with van der Waals surface area (Å²) >= 11 is 3.46. The fourth-order valence-corrected chi connectivity index (χ4v) is 4.96. The maximum absolute atomic E-state index is 12.0. The van der Waals surface area contributed by atoms with Crippen LogP contribution in [0.15, 0.2) is 10.9 Å². The Hall–Kier alpha value is -1.44. The molecule has 3 heterocycles. The van der Waals surface area contributed by atoms with Crippen molar-refractivity contribution in [1.29, 1.82) is 0 Å². The molecule has 2 aromatic rings. The van der Waals surface area contributed by atoms with Crippen molar-refractivity contribution in [2.24, 2.45) is 0 Å². The summed E-state index contributed by atoms with van der Waals surface area (Å²) in [5.41, 5.74) is 5.59. The van der Waals surface area contributed by atoms with Gasteiger partial charge in [-0.15, -0.1) is 22.7 Å². The molecule has 0 fully saturated rings. The Morgan fingerprint density at radius 2 is 2.12 bits per heavy atom. The van der Waals surface area contributed by atoms with Crippen molar-refractivity contribution in [1.82, 2.24) is 9.88 Å². The minimum absolute atomic E-state index is 0.102. The van der Waals surface area contributed by atoms with E-state index in [-0.39, 0.29) is 5.91 Å². The van der Waals surface area contributed by atoms with Gasteiger partial charge in [-0.3, -0.25) is 4.79 Å². The fourth-order valence-electron chi connectivity index (χ4n) is 3.11. The molecule has 0 aromatic carbocycles. The van der Waals surface area contributed by atoms with E-state index in [0.29, 0.717) is 19.7 Å². The highest BCUT2D eigenvalue weighted by molar-refractivity contribution is 7.10. The van der Waals surface area contributed by atoms with Crippen LogP contribution in [0.5, 0.6) is 0 Å². The van der Waals surface area contributed by atoms with Crippen molar-refractivity contribution in [2.75, 3.05) is 31.2 Å². The van der Waals surface area contributed by atoms with Gasteiger partial charge in [-0.1, -0.05) is 0 Å². The van der Waals surface area contributed by atoms with E-state index >= 15 is 0 Å². The molecule has 2 aromatic heterocycles. The van der Waals surface area contributed by atoms with Crippen LogP contribution in [0.4, 0.5) is 5.69 Å². The van der Waals surface area contributed by atoms with Gasteiger partial charge in [0.1, 0.15) is 0 Å². The first-order chi connectivity index (χ1) is 12.1. The smallest absolute Gasteiger partial charge is 0.219 e. The van der Waals surface area contributed by atoms with Gasteiger partial charge in [0.25, 0.3) is 0 Å². The number of anilines is 1. The Morgan fingerprint density at radius 3 is 2.84 bits per heavy atom. The lowest BCUT2D eigenvalue weighted by atomic mass is 10.2. The van der Waals surface area contributed by atoms with Gasteiger partial charge >= 0.3 is 0 Å². The van der Waals surface area contributed by atoms with Crippen molar-refractivity contribution in [3.8, 4) is 0 Å². The second-order valence-electron chi connectivity index (χ2n) is 6.38. The SMILES string of the molecule is CC(=O)N1CCOCCCN(Cc2scnc2C)c2c(C)csc2C1. The van der Waals surface area contributed by atoms with Gasteiger partial charge in [0, 0.05) is 36.4 Å². The predicted molar refractivity (Wildman–Crippen MR) is 103 cm³/mol. The molecule has 5 nitrogen and oxygen atoms in total. The minimum Gasteiger partial charge on any atom is -0.380 e. The summed E-state index contributed by atoms with van der Waals surface area (Å²) in [5, 5.41) is 2.21. The average molecular weight is 380 g/mol. The van der Waals surface area contributed by atoms with Crippen LogP contribution < -0.4 is 4.90 Å². The number of aryl methyl sites for hydroxylation is 2. The average Bonchev–Trinajstić information content (AvgIpc) is 3.12. The molecule has 3 rings (SSSR count). The maximum Gasteiger partial charge on any atom is 0.219 e. The number of nitrogens with zero attached hydrogens (tertiary/aromatic N) is 3. The molecule has 7 heteroatoms. The number of hydrogen-bond acceptors (Lipinski definition) is 6. The first-order valence-corrected chi connectivity index (χ1v) is 10.4. The summed E-state index contributed by atoms with van der Waals surface area (Å²) in [5.74, 6) is 0.102. The molecule has 1 aliphatic heterocycles. The van der Waals surface area contributed by atoms with Crippen LogP contribution in [0.1, 0.15) is 34.4 Å². The zero-order valence-corrected chi connectivity index (χ0v) is 16.7. The lowest BCUT2D eigenvalue weighted by molar-refractivity contribution is -0.130. The van der Waals surface area contributed by atoms with E-state index in [0.717, 1.165) is 31.8 Å². The van der Waals surface area contributed by atoms with Crippen LogP contribution in [0, 0.1) is 13.8 Å². The normalized spacial score (nSPS) is 16.4. The monoisotopic (exact) mass is 379 g/mol. The largest absolute Gasteiger partial charge is 0.380 e. The van der Waals surface area contributed by atoms with E-state index in [1.807, 2.05) is 10.4 Å². The number of carbonyl (C=O) groups is 1. The molecule has 0 saturated heterocycles. The van der Waals surface area contributed by atoms with Gasteiger partial charge in [-0.25, -0.2) is 4.98 Å². The van der Waals surface area contributed by atoms with Crippen LogP contribution in [0.25, 0.3) is 0 Å². The zero-order valence-electron chi connectivity index (χ0n) is 15.1. The first kappa shape index (κ1) is 18.4. The second kappa shape index (κ2) is 8.29. The topological polar surface area (TPSA) is 45.7 Å². The van der Waals surface area contributed by atoms with Crippen LogP contribution in [0.3, 0.4) is 0 Å². The highest BCUT2D eigenvalue weighted by Gasteiger charge is 2.21. The molecule has 0 spiro atoms. The molecule has 25 heavy (non-hydrogen) atoms. The summed E-state index contributed by atoms with van der Waals surface area (Å²) in [4.78, 5) is 23.3. The molecular formula is C18H25N3O2S2. The summed E-state index contributed by atoms with van der Waals surface area (Å²) in [7, 11) is 0. The third kappa shape index (κ3) is 4.40. The van der Waals surface area contributed by atoms with E-state index in [1.54, 1.807) is 29.6 Å². The number of thiazole rings is 1. The van der Waals surface area contributed by atoms with Gasteiger partial charge in [-0.05, 0) is 31.2 Å². The Balaban J connectivity index is 1.92. The number of fused-ring (bicyclic) bond motifs is 1. The summed E-state index contributed by atoms with van der Waals surface area (Å²) in [6.07, 6.45) is 0.979. The quantitative estimate of drug-likeness (QED) is 0.800. The van der Waals surface area contributed by atoms with Gasteiger partial charge < -0.3 is 14.5 Å². The van der Waals surface area contributed by atoms with E-state index < -0.39 is 0 Å². The van der Waals surface area contributed by atoms with Gasteiger partial charge in [0.2, 0.25) is 5.91 Å². The molecule has 0 unspecified atom stereocenters. The highest BCUT2D eigenvalue weighted by Crippen LogP contribution is 2.34. The van der Waals surface area contributed by atoms with E-state index in [2.05, 4.69) is 29.1 Å². The second-order valence-corrected chi connectivity index (χ2v) is 8.28. The van der Waals surface area contributed by atoms with Crippen LogP contribution in [-0.4, -0.2) is 42.1 Å². The highest BCUT2D eigenvalue weighted by atomic mass is 32.1. The number of hydrogen-bond donors (Lipinski definition) is 0. The number of amides is 1. The van der Waals surface area contributed by atoms with Gasteiger partial charge in [0.05, 0.1) is 36.6 Å². The molecule has 0 N–H and O–H groups in total. The molecule has 0 saturated carbocycles. The van der Waals surface area contributed by atoms with E-state index in [4.69, 9.17) is 4.74 Å². The standard InChI is InChI=1S/C18H25N3O2S2/c1-13-11-24-17-10-20(15(3)22)6-8-23-7-4-5-21(18(13)17)9-16-14(2)19-12-25-16/h11-12H,4-10H2,1-3H3. The summed E-state index contributed by atoms with van der Waals surface area (Å²) in [6, 6.07) is 0. The van der Waals surface area contributed by atoms with Crippen molar-refractivity contribution in [2.45, 2.75) is 40.3 Å². The lowest BCUT2D eigenvalue weighted by Gasteiger charge is -2.27. The van der Waals surface area contributed by atoms with E-state index in [9.17, 15) is 4.79 Å². The Bertz CT molecular complexity index is 726. The van der Waals surface area contributed by atoms with Crippen molar-refractivity contribution < 1.29 is 9.53 Å². The molecule has 136 valence electrons. The number of rotatable bonds is 2. The predicted octanol–water partition coefficient (Wildman–Crippen LogP) is 3.60. The third-order valence-electron chi connectivity index (χ3n) is 4.51. The Kier molecular flexibility index (Phi) is 6.09. The Labute approximate surface area is 157 Å². The first-order valence-electron chi connectivity index (χ1n) is 8.60. The number of aromatic nitrogens is 1. The molecule has 1 amide bonds.